The maximum absolute atomic E-state index is 8.86. The van der Waals surface area contributed by atoms with Gasteiger partial charge in [0, 0.05) is 17.4 Å². The zero-order chi connectivity index (χ0) is 10.3. The molecular formula is C12H9NO2. The third-order valence-corrected chi connectivity index (χ3v) is 2.61. The maximum atomic E-state index is 8.86. The number of allylic oxidation sites excluding steroid dienone is 1. The summed E-state index contributed by atoms with van der Waals surface area (Å²) in [5.41, 5.74) is 2.42. The smallest absolute Gasteiger partial charge is 0.160 e. The Morgan fingerprint density at radius 2 is 2.13 bits per heavy atom. The normalized spacial score (nSPS) is 17.2. The fourth-order valence-corrected chi connectivity index (χ4v) is 1.91. The molecule has 1 aromatic heterocycles. The van der Waals surface area contributed by atoms with Crippen LogP contribution in [0.5, 0.6) is 0 Å². The Hall–Kier alpha value is -2.03. The van der Waals surface area contributed by atoms with Crippen molar-refractivity contribution in [1.82, 2.24) is 0 Å². The Morgan fingerprint density at radius 1 is 1.27 bits per heavy atom. The Balaban J connectivity index is 2.40. The van der Waals surface area contributed by atoms with Crippen LogP contribution in [0.25, 0.3) is 17.0 Å². The number of hydrogen-bond acceptors (Lipinski definition) is 3. The van der Waals surface area contributed by atoms with Crippen molar-refractivity contribution < 1.29 is 9.62 Å². The topological polar surface area (TPSA) is 45.7 Å². The average Bonchev–Trinajstić information content (AvgIpc) is 2.67. The third-order valence-electron chi connectivity index (χ3n) is 2.61. The van der Waals surface area contributed by atoms with E-state index in [1.54, 1.807) is 0 Å². The first-order valence-corrected chi connectivity index (χ1v) is 4.79. The number of fused-ring (bicyclic) bond motifs is 3. The molecule has 0 atom stereocenters. The van der Waals surface area contributed by atoms with Gasteiger partial charge in [-0.1, -0.05) is 35.5 Å². The van der Waals surface area contributed by atoms with Gasteiger partial charge in [-0.3, -0.25) is 0 Å². The predicted molar refractivity (Wildman–Crippen MR) is 58.2 cm³/mol. The molecule has 2 aromatic rings. The molecule has 1 aliphatic rings. The fourth-order valence-electron chi connectivity index (χ4n) is 1.91. The summed E-state index contributed by atoms with van der Waals surface area (Å²) in [5.74, 6) is 0.682. The summed E-state index contributed by atoms with van der Waals surface area (Å²) in [6.45, 7) is 0. The SMILES string of the molecule is ON=C1CC=Cc2c1oc1ccccc21. The van der Waals surface area contributed by atoms with Gasteiger partial charge in [-0.05, 0) is 6.07 Å². The average molecular weight is 199 g/mol. The van der Waals surface area contributed by atoms with Gasteiger partial charge in [-0.2, -0.15) is 0 Å². The molecule has 0 fully saturated rings. The summed E-state index contributed by atoms with van der Waals surface area (Å²) in [6, 6.07) is 7.81. The van der Waals surface area contributed by atoms with E-state index >= 15 is 0 Å². The molecule has 0 spiro atoms. The van der Waals surface area contributed by atoms with E-state index in [0.29, 0.717) is 17.9 Å². The van der Waals surface area contributed by atoms with E-state index in [1.807, 2.05) is 36.4 Å². The van der Waals surface area contributed by atoms with Crippen LogP contribution >= 0.6 is 0 Å². The van der Waals surface area contributed by atoms with Gasteiger partial charge in [0.25, 0.3) is 0 Å². The molecule has 1 aliphatic carbocycles. The van der Waals surface area contributed by atoms with Crippen LogP contribution in [0.15, 0.2) is 39.9 Å². The fraction of sp³-hybridized carbons (Fsp3) is 0.0833. The second-order valence-corrected chi connectivity index (χ2v) is 3.49. The van der Waals surface area contributed by atoms with Crippen LogP contribution in [0.1, 0.15) is 17.7 Å². The minimum Gasteiger partial charge on any atom is -0.454 e. The Kier molecular flexibility index (Phi) is 1.65. The van der Waals surface area contributed by atoms with Crippen molar-refractivity contribution in [2.45, 2.75) is 6.42 Å². The molecule has 74 valence electrons. The molecule has 3 rings (SSSR count). The quantitative estimate of drug-likeness (QED) is 0.523. The summed E-state index contributed by atoms with van der Waals surface area (Å²) in [6.07, 6.45) is 4.60. The summed E-state index contributed by atoms with van der Waals surface area (Å²) in [5, 5.41) is 13.2. The van der Waals surface area contributed by atoms with Crippen molar-refractivity contribution in [3.8, 4) is 0 Å². The van der Waals surface area contributed by atoms with Crippen LogP contribution in [-0.2, 0) is 0 Å². The summed E-state index contributed by atoms with van der Waals surface area (Å²) in [4.78, 5) is 0. The molecule has 0 unspecified atom stereocenters. The number of nitrogens with zero attached hydrogens (tertiary/aromatic N) is 1. The summed E-state index contributed by atoms with van der Waals surface area (Å²) >= 11 is 0. The standard InChI is InChI=1S/C12H9NO2/c14-13-10-6-3-5-9-8-4-1-2-7-11(8)15-12(9)10/h1-5,7,14H,6H2. The van der Waals surface area contributed by atoms with Gasteiger partial charge in [-0.15, -0.1) is 0 Å². The first kappa shape index (κ1) is 8.29. The van der Waals surface area contributed by atoms with Crippen molar-refractivity contribution in [2.24, 2.45) is 5.16 Å². The zero-order valence-corrected chi connectivity index (χ0v) is 7.97. The van der Waals surface area contributed by atoms with Gasteiger partial charge in [0.2, 0.25) is 0 Å². The maximum Gasteiger partial charge on any atom is 0.160 e. The van der Waals surface area contributed by atoms with Gasteiger partial charge in [0.05, 0.1) is 0 Å². The number of benzene rings is 1. The molecule has 0 radical (unpaired) electrons. The molecule has 0 amide bonds. The zero-order valence-electron chi connectivity index (χ0n) is 7.97. The third kappa shape index (κ3) is 1.09. The van der Waals surface area contributed by atoms with Crippen LogP contribution in [-0.4, -0.2) is 10.9 Å². The van der Waals surface area contributed by atoms with Crippen LogP contribution in [0.4, 0.5) is 0 Å². The molecule has 1 aromatic carbocycles. The van der Waals surface area contributed by atoms with Gasteiger partial charge in [0.15, 0.2) is 5.76 Å². The van der Waals surface area contributed by atoms with E-state index in [-0.39, 0.29) is 0 Å². The van der Waals surface area contributed by atoms with Gasteiger partial charge in [-0.25, -0.2) is 0 Å². The number of hydrogen-bond donors (Lipinski definition) is 1. The number of oxime groups is 1. The molecule has 0 saturated heterocycles. The molecule has 1 N–H and O–H groups in total. The first-order chi connectivity index (χ1) is 7.40. The van der Waals surface area contributed by atoms with Crippen LogP contribution in [0.3, 0.4) is 0 Å². The van der Waals surface area contributed by atoms with E-state index in [2.05, 4.69) is 5.16 Å². The Morgan fingerprint density at radius 3 is 3.00 bits per heavy atom. The van der Waals surface area contributed by atoms with Gasteiger partial charge >= 0.3 is 0 Å². The Bertz CT molecular complexity index is 578. The first-order valence-electron chi connectivity index (χ1n) is 4.79. The van der Waals surface area contributed by atoms with Crippen LogP contribution in [0.2, 0.25) is 0 Å². The molecule has 0 bridgehead atoms. The molecule has 3 heteroatoms. The van der Waals surface area contributed by atoms with Crippen molar-refractivity contribution in [2.75, 3.05) is 0 Å². The highest BCUT2D eigenvalue weighted by molar-refractivity contribution is 6.09. The lowest BCUT2D eigenvalue weighted by atomic mass is 10.0. The number of rotatable bonds is 0. The summed E-state index contributed by atoms with van der Waals surface area (Å²) in [7, 11) is 0. The Labute approximate surface area is 86.3 Å². The molecule has 3 nitrogen and oxygen atoms in total. The lowest BCUT2D eigenvalue weighted by Gasteiger charge is -2.03. The minimum atomic E-state index is 0.587. The monoisotopic (exact) mass is 199 g/mol. The highest BCUT2D eigenvalue weighted by atomic mass is 16.4. The summed E-state index contributed by atoms with van der Waals surface area (Å²) < 4.78 is 5.65. The van der Waals surface area contributed by atoms with E-state index < -0.39 is 0 Å². The lowest BCUT2D eigenvalue weighted by molar-refractivity contribution is 0.317. The highest BCUT2D eigenvalue weighted by Crippen LogP contribution is 2.30. The highest BCUT2D eigenvalue weighted by Gasteiger charge is 2.19. The number of para-hydroxylation sites is 1. The van der Waals surface area contributed by atoms with Crippen molar-refractivity contribution in [1.29, 1.82) is 0 Å². The number of furan rings is 1. The van der Waals surface area contributed by atoms with Crippen LogP contribution in [0, 0.1) is 0 Å². The molecule has 15 heavy (non-hydrogen) atoms. The largest absolute Gasteiger partial charge is 0.454 e. The second-order valence-electron chi connectivity index (χ2n) is 3.49. The second kappa shape index (κ2) is 2.98. The van der Waals surface area contributed by atoms with Crippen molar-refractivity contribution in [3.05, 3.63) is 41.7 Å². The lowest BCUT2D eigenvalue weighted by Crippen LogP contribution is -2.02. The predicted octanol–water partition coefficient (Wildman–Crippen LogP) is 3.03. The molecular weight excluding hydrogens is 190 g/mol. The van der Waals surface area contributed by atoms with E-state index in [1.165, 1.54) is 0 Å². The van der Waals surface area contributed by atoms with Crippen molar-refractivity contribution in [3.63, 3.8) is 0 Å². The molecule has 0 aliphatic heterocycles. The van der Waals surface area contributed by atoms with Gasteiger partial charge in [0.1, 0.15) is 11.3 Å². The molecule has 1 heterocycles. The van der Waals surface area contributed by atoms with Gasteiger partial charge < -0.3 is 9.62 Å². The minimum absolute atomic E-state index is 0.587. The van der Waals surface area contributed by atoms with E-state index in [9.17, 15) is 0 Å². The van der Waals surface area contributed by atoms with E-state index in [4.69, 9.17) is 9.62 Å². The van der Waals surface area contributed by atoms with Crippen LogP contribution < -0.4 is 0 Å². The molecule has 0 saturated carbocycles. The van der Waals surface area contributed by atoms with Crippen molar-refractivity contribution >= 4 is 22.8 Å². The van der Waals surface area contributed by atoms with E-state index in [0.717, 1.165) is 16.5 Å².